The number of rotatable bonds is 8. The van der Waals surface area contributed by atoms with Crippen molar-refractivity contribution in [1.82, 2.24) is 14.9 Å². The van der Waals surface area contributed by atoms with Crippen molar-refractivity contribution in [1.29, 1.82) is 0 Å². The van der Waals surface area contributed by atoms with Crippen LogP contribution >= 0.6 is 11.8 Å². The molecule has 39 heavy (non-hydrogen) atoms. The number of carbonyl (C=O) groups excluding carboxylic acids is 2. The van der Waals surface area contributed by atoms with E-state index in [9.17, 15) is 9.59 Å². The standard InChI is InChI=1S/C30H34N4O4S/c1-20-9-5-6-10-23(20)17-34(27(35)18-39-29-31-21(2)15-22(3)32-29)30(13-7-4-8-14-30)28(36)33-24-11-12-25-26(16-24)38-19-37-25/h5-6,9-12,15-16H,4,7-8,13-14,17-19H2,1-3H3,(H,33,36). The van der Waals surface area contributed by atoms with Gasteiger partial charge in [-0.05, 0) is 62.9 Å². The molecule has 0 spiro atoms. The van der Waals surface area contributed by atoms with Gasteiger partial charge in [-0.2, -0.15) is 0 Å². The van der Waals surface area contributed by atoms with Gasteiger partial charge in [0.1, 0.15) is 5.54 Å². The average molecular weight is 547 g/mol. The summed E-state index contributed by atoms with van der Waals surface area (Å²) in [5.41, 5.74) is 3.48. The highest BCUT2D eigenvalue weighted by Crippen LogP contribution is 2.39. The summed E-state index contributed by atoms with van der Waals surface area (Å²) in [5, 5.41) is 3.68. The van der Waals surface area contributed by atoms with Crippen LogP contribution in [0.3, 0.4) is 0 Å². The van der Waals surface area contributed by atoms with Crippen LogP contribution in [-0.2, 0) is 16.1 Å². The molecule has 1 aliphatic carbocycles. The molecule has 2 amide bonds. The molecule has 0 unspecified atom stereocenters. The number of nitrogens with zero attached hydrogens (tertiary/aromatic N) is 3. The molecular formula is C30H34N4O4S. The minimum Gasteiger partial charge on any atom is -0.454 e. The van der Waals surface area contributed by atoms with Crippen LogP contribution in [0.25, 0.3) is 0 Å². The van der Waals surface area contributed by atoms with Crippen LogP contribution < -0.4 is 14.8 Å². The van der Waals surface area contributed by atoms with E-state index in [1.54, 1.807) is 12.1 Å². The molecule has 0 saturated heterocycles. The Morgan fingerprint density at radius 1 is 0.949 bits per heavy atom. The maximum absolute atomic E-state index is 14.2. The third kappa shape index (κ3) is 6.03. The van der Waals surface area contributed by atoms with Gasteiger partial charge in [0.15, 0.2) is 16.7 Å². The van der Waals surface area contributed by atoms with E-state index in [4.69, 9.17) is 9.47 Å². The Labute approximate surface area is 233 Å². The average Bonchev–Trinajstić information content (AvgIpc) is 3.39. The van der Waals surface area contributed by atoms with Gasteiger partial charge in [0, 0.05) is 29.7 Å². The SMILES string of the molecule is Cc1cc(C)nc(SCC(=O)N(Cc2ccccc2C)C2(C(=O)Nc3ccc4c(c3)OCO4)CCCCC2)n1. The first-order valence-corrected chi connectivity index (χ1v) is 14.3. The van der Waals surface area contributed by atoms with Crippen molar-refractivity contribution in [2.24, 2.45) is 0 Å². The van der Waals surface area contributed by atoms with Crippen molar-refractivity contribution < 1.29 is 19.1 Å². The monoisotopic (exact) mass is 546 g/mol. The molecule has 1 aliphatic heterocycles. The molecule has 1 saturated carbocycles. The van der Waals surface area contributed by atoms with Crippen molar-refractivity contribution in [2.45, 2.75) is 70.1 Å². The third-order valence-electron chi connectivity index (χ3n) is 7.43. The fraction of sp³-hybridized carbons (Fsp3) is 0.400. The van der Waals surface area contributed by atoms with Crippen LogP contribution in [0.4, 0.5) is 5.69 Å². The lowest BCUT2D eigenvalue weighted by atomic mass is 9.78. The molecule has 2 heterocycles. The number of benzene rings is 2. The van der Waals surface area contributed by atoms with Crippen LogP contribution in [0.5, 0.6) is 11.5 Å². The van der Waals surface area contributed by atoms with Crippen LogP contribution in [0.15, 0.2) is 53.7 Å². The number of hydrogen-bond acceptors (Lipinski definition) is 7. The molecule has 5 rings (SSSR count). The molecule has 1 aromatic heterocycles. The lowest BCUT2D eigenvalue weighted by Gasteiger charge is -2.45. The third-order valence-corrected chi connectivity index (χ3v) is 8.26. The molecule has 3 aromatic rings. The number of amides is 2. The lowest BCUT2D eigenvalue weighted by molar-refractivity contribution is -0.146. The minimum atomic E-state index is -0.974. The Kier molecular flexibility index (Phi) is 8.07. The molecule has 8 nitrogen and oxygen atoms in total. The predicted octanol–water partition coefficient (Wildman–Crippen LogP) is 5.59. The van der Waals surface area contributed by atoms with Crippen molar-refractivity contribution in [2.75, 3.05) is 17.9 Å². The predicted molar refractivity (Wildman–Crippen MR) is 151 cm³/mol. The van der Waals surface area contributed by atoms with Gasteiger partial charge in [0.25, 0.3) is 0 Å². The molecule has 1 N–H and O–H groups in total. The number of fused-ring (bicyclic) bond motifs is 1. The molecular weight excluding hydrogens is 512 g/mol. The number of hydrogen-bond donors (Lipinski definition) is 1. The second-order valence-corrected chi connectivity index (χ2v) is 11.2. The molecule has 0 bridgehead atoms. The van der Waals surface area contributed by atoms with Gasteiger partial charge in [-0.3, -0.25) is 9.59 Å². The van der Waals surface area contributed by atoms with E-state index in [1.807, 2.05) is 62.1 Å². The number of anilines is 1. The highest BCUT2D eigenvalue weighted by Gasteiger charge is 2.47. The highest BCUT2D eigenvalue weighted by atomic mass is 32.2. The Hall–Kier alpha value is -3.59. The summed E-state index contributed by atoms with van der Waals surface area (Å²) >= 11 is 1.32. The van der Waals surface area contributed by atoms with Gasteiger partial charge in [-0.1, -0.05) is 55.3 Å². The van der Waals surface area contributed by atoms with E-state index in [2.05, 4.69) is 15.3 Å². The largest absolute Gasteiger partial charge is 0.454 e. The van der Waals surface area contributed by atoms with E-state index < -0.39 is 5.54 Å². The van der Waals surface area contributed by atoms with Crippen molar-refractivity contribution >= 4 is 29.3 Å². The van der Waals surface area contributed by atoms with E-state index in [0.29, 0.717) is 41.7 Å². The highest BCUT2D eigenvalue weighted by molar-refractivity contribution is 7.99. The maximum atomic E-state index is 14.2. The fourth-order valence-electron chi connectivity index (χ4n) is 5.38. The van der Waals surface area contributed by atoms with Gasteiger partial charge >= 0.3 is 0 Å². The van der Waals surface area contributed by atoms with E-state index in [-0.39, 0.29) is 24.4 Å². The lowest BCUT2D eigenvalue weighted by Crippen LogP contribution is -2.60. The van der Waals surface area contributed by atoms with Crippen molar-refractivity contribution in [3.63, 3.8) is 0 Å². The smallest absolute Gasteiger partial charge is 0.250 e. The van der Waals surface area contributed by atoms with Crippen molar-refractivity contribution in [3.05, 3.63) is 71.0 Å². The summed E-state index contributed by atoms with van der Waals surface area (Å²) in [4.78, 5) is 39.0. The van der Waals surface area contributed by atoms with Gasteiger partial charge in [0.2, 0.25) is 18.6 Å². The second-order valence-electron chi connectivity index (χ2n) is 10.2. The maximum Gasteiger partial charge on any atom is 0.250 e. The number of aryl methyl sites for hydroxylation is 3. The first kappa shape index (κ1) is 27.0. The molecule has 9 heteroatoms. The number of nitrogens with one attached hydrogen (secondary N) is 1. The summed E-state index contributed by atoms with van der Waals surface area (Å²) in [6.07, 6.45) is 3.99. The Balaban J connectivity index is 1.46. The quantitative estimate of drug-likeness (QED) is 0.291. The number of carbonyl (C=O) groups is 2. The van der Waals surface area contributed by atoms with E-state index in [1.165, 1.54) is 11.8 Å². The Morgan fingerprint density at radius 2 is 1.67 bits per heavy atom. The number of thioether (sulfide) groups is 1. The zero-order chi connectivity index (χ0) is 27.4. The van der Waals surface area contributed by atoms with Gasteiger partial charge < -0.3 is 19.7 Å². The van der Waals surface area contributed by atoms with Crippen molar-refractivity contribution in [3.8, 4) is 11.5 Å². The fourth-order valence-corrected chi connectivity index (χ4v) is 6.20. The van der Waals surface area contributed by atoms with E-state index in [0.717, 1.165) is 41.8 Å². The molecule has 204 valence electrons. The van der Waals surface area contributed by atoms with Crippen LogP contribution in [-0.4, -0.2) is 44.8 Å². The summed E-state index contributed by atoms with van der Waals surface area (Å²) in [6.45, 7) is 6.40. The summed E-state index contributed by atoms with van der Waals surface area (Å²) in [6, 6.07) is 15.3. The molecule has 2 aromatic carbocycles. The van der Waals surface area contributed by atoms with Crippen LogP contribution in [0, 0.1) is 20.8 Å². The molecule has 1 fully saturated rings. The molecule has 0 atom stereocenters. The van der Waals surface area contributed by atoms with Crippen LogP contribution in [0.1, 0.15) is 54.6 Å². The first-order valence-electron chi connectivity index (χ1n) is 13.4. The van der Waals surface area contributed by atoms with Gasteiger partial charge in [0.05, 0.1) is 5.75 Å². The normalized spacial score (nSPS) is 15.6. The summed E-state index contributed by atoms with van der Waals surface area (Å²) < 4.78 is 10.9. The van der Waals surface area contributed by atoms with Gasteiger partial charge in [-0.25, -0.2) is 9.97 Å². The number of aromatic nitrogens is 2. The minimum absolute atomic E-state index is 0.103. The Morgan fingerprint density at radius 3 is 2.41 bits per heavy atom. The second kappa shape index (κ2) is 11.7. The zero-order valence-electron chi connectivity index (χ0n) is 22.7. The van der Waals surface area contributed by atoms with Crippen LogP contribution in [0.2, 0.25) is 0 Å². The Bertz CT molecular complexity index is 1350. The summed E-state index contributed by atoms with van der Waals surface area (Å²) in [5.74, 6) is 1.13. The van der Waals surface area contributed by atoms with Gasteiger partial charge in [-0.15, -0.1) is 0 Å². The summed E-state index contributed by atoms with van der Waals surface area (Å²) in [7, 11) is 0. The topological polar surface area (TPSA) is 93.7 Å². The molecule has 2 aliphatic rings. The first-order chi connectivity index (χ1) is 18.8. The number of ether oxygens (including phenoxy) is 2. The zero-order valence-corrected chi connectivity index (χ0v) is 23.5. The molecule has 0 radical (unpaired) electrons. The van der Waals surface area contributed by atoms with E-state index >= 15 is 0 Å².